The van der Waals surface area contributed by atoms with Crippen molar-refractivity contribution in [3.05, 3.63) is 0 Å². The first-order valence-corrected chi connectivity index (χ1v) is 11.8. The molecule has 3 aliphatic rings. The largest absolute Gasteiger partial charge is 0.445 e. The first-order chi connectivity index (χ1) is 15.4. The topological polar surface area (TPSA) is 119 Å². The molecule has 2 aliphatic heterocycles. The number of carbonyl (C=O) groups excluding carboxylic acids is 4. The lowest BCUT2D eigenvalue weighted by Crippen LogP contribution is -2.51. The van der Waals surface area contributed by atoms with Crippen LogP contribution in [0.1, 0.15) is 57.8 Å². The molecular weight excluding hydrogens is 416 g/mol. The number of amides is 4. The van der Waals surface area contributed by atoms with Crippen LogP contribution in [0, 0.1) is 11.8 Å². The van der Waals surface area contributed by atoms with Gasteiger partial charge in [0.1, 0.15) is 12.1 Å². The normalized spacial score (nSPS) is 25.4. The molecular formula is C22H36N4O6. The Balaban J connectivity index is 1.58. The second kappa shape index (κ2) is 11.6. The number of alkyl carbamates (subject to hydrolysis) is 1. The van der Waals surface area contributed by atoms with Crippen molar-refractivity contribution in [2.45, 2.75) is 69.9 Å². The van der Waals surface area contributed by atoms with Crippen LogP contribution in [-0.2, 0) is 19.1 Å². The molecule has 32 heavy (non-hydrogen) atoms. The maximum Gasteiger partial charge on any atom is 0.414 e. The molecule has 2 heterocycles. The maximum absolute atomic E-state index is 13.3. The second-order valence-corrected chi connectivity index (χ2v) is 9.42. The number of likely N-dealkylation sites (tertiary alicyclic amines) is 2. The van der Waals surface area contributed by atoms with E-state index < -0.39 is 24.0 Å². The maximum atomic E-state index is 13.3. The van der Waals surface area contributed by atoms with E-state index in [0.29, 0.717) is 49.7 Å². The van der Waals surface area contributed by atoms with Crippen molar-refractivity contribution >= 4 is 24.3 Å². The number of rotatable bonds is 8. The quantitative estimate of drug-likeness (QED) is 0.324. The van der Waals surface area contributed by atoms with E-state index in [4.69, 9.17) is 4.74 Å². The number of imide groups is 1. The first-order valence-electron chi connectivity index (χ1n) is 11.8. The van der Waals surface area contributed by atoms with Gasteiger partial charge in [-0.2, -0.15) is 0 Å². The molecule has 0 aromatic heterocycles. The SMILES string of the molecule is CN1CCCC(OC(=O)NC(=O)[C@@H]2CCCN2C(=O)[C@H](CC2CCCC2)CN(O)C=O)C1. The van der Waals surface area contributed by atoms with Crippen molar-refractivity contribution < 1.29 is 29.1 Å². The molecule has 3 rings (SSSR count). The number of carbonyl (C=O) groups is 4. The second-order valence-electron chi connectivity index (χ2n) is 9.42. The minimum Gasteiger partial charge on any atom is -0.445 e. The Morgan fingerprint density at radius 2 is 1.84 bits per heavy atom. The summed E-state index contributed by atoms with van der Waals surface area (Å²) in [6.07, 6.45) is 6.94. The van der Waals surface area contributed by atoms with Crippen LogP contribution >= 0.6 is 0 Å². The Bertz CT molecular complexity index is 683. The Labute approximate surface area is 189 Å². The van der Waals surface area contributed by atoms with Gasteiger partial charge in [-0.05, 0) is 51.6 Å². The van der Waals surface area contributed by atoms with E-state index >= 15 is 0 Å². The first kappa shape index (κ1) is 24.4. The van der Waals surface area contributed by atoms with Crippen molar-refractivity contribution in [2.24, 2.45) is 11.8 Å². The minimum absolute atomic E-state index is 0.0963. The summed E-state index contributed by atoms with van der Waals surface area (Å²) in [6, 6.07) is -0.751. The Morgan fingerprint density at radius 3 is 2.53 bits per heavy atom. The Morgan fingerprint density at radius 1 is 1.12 bits per heavy atom. The van der Waals surface area contributed by atoms with Crippen LogP contribution in [0.2, 0.25) is 0 Å². The fourth-order valence-electron chi connectivity index (χ4n) is 5.29. The van der Waals surface area contributed by atoms with E-state index in [1.165, 1.54) is 4.90 Å². The predicted molar refractivity (Wildman–Crippen MR) is 114 cm³/mol. The average molecular weight is 453 g/mol. The summed E-state index contributed by atoms with van der Waals surface area (Å²) in [6.45, 7) is 1.90. The van der Waals surface area contributed by atoms with Gasteiger partial charge in [-0.25, -0.2) is 9.86 Å². The highest BCUT2D eigenvalue weighted by Gasteiger charge is 2.39. The number of hydrogen-bond donors (Lipinski definition) is 2. The lowest BCUT2D eigenvalue weighted by molar-refractivity contribution is -0.158. The summed E-state index contributed by atoms with van der Waals surface area (Å²) in [5.41, 5.74) is 0. The van der Waals surface area contributed by atoms with Crippen LogP contribution in [-0.4, -0.2) is 89.8 Å². The molecule has 1 saturated carbocycles. The summed E-state index contributed by atoms with van der Waals surface area (Å²) < 4.78 is 5.40. The number of likely N-dealkylation sites (N-methyl/N-ethyl adjacent to an activating group) is 1. The molecule has 0 radical (unpaired) electrons. The zero-order chi connectivity index (χ0) is 23.1. The van der Waals surface area contributed by atoms with Crippen molar-refractivity contribution in [3.8, 4) is 0 Å². The zero-order valence-electron chi connectivity index (χ0n) is 18.9. The molecule has 10 heteroatoms. The van der Waals surface area contributed by atoms with E-state index in [0.717, 1.165) is 45.1 Å². The molecule has 180 valence electrons. The summed E-state index contributed by atoms with van der Waals surface area (Å²) in [5, 5.41) is 12.5. The van der Waals surface area contributed by atoms with Gasteiger partial charge in [0.2, 0.25) is 12.3 Å². The zero-order valence-corrected chi connectivity index (χ0v) is 18.9. The van der Waals surface area contributed by atoms with E-state index in [-0.39, 0.29) is 18.6 Å². The number of hydroxylamine groups is 2. The molecule has 2 saturated heterocycles. The summed E-state index contributed by atoms with van der Waals surface area (Å²) in [4.78, 5) is 52.9. The van der Waals surface area contributed by atoms with Gasteiger partial charge >= 0.3 is 6.09 Å². The molecule has 3 fully saturated rings. The number of hydrogen-bond acceptors (Lipinski definition) is 7. The summed E-state index contributed by atoms with van der Waals surface area (Å²) in [7, 11) is 1.96. The third kappa shape index (κ3) is 6.65. The van der Waals surface area contributed by atoms with E-state index in [1.807, 2.05) is 7.05 Å². The van der Waals surface area contributed by atoms with Gasteiger partial charge in [0.25, 0.3) is 5.91 Å². The van der Waals surface area contributed by atoms with E-state index in [2.05, 4.69) is 10.2 Å². The van der Waals surface area contributed by atoms with E-state index in [1.54, 1.807) is 0 Å². The van der Waals surface area contributed by atoms with Gasteiger partial charge in [-0.3, -0.25) is 24.9 Å². The fourth-order valence-corrected chi connectivity index (χ4v) is 5.29. The molecule has 3 atom stereocenters. The van der Waals surface area contributed by atoms with Crippen LogP contribution in [0.25, 0.3) is 0 Å². The van der Waals surface area contributed by atoms with Gasteiger partial charge < -0.3 is 14.5 Å². The van der Waals surface area contributed by atoms with Gasteiger partial charge in [0, 0.05) is 13.1 Å². The molecule has 0 aromatic carbocycles. The van der Waals surface area contributed by atoms with Crippen molar-refractivity contribution in [2.75, 3.05) is 33.2 Å². The summed E-state index contributed by atoms with van der Waals surface area (Å²) >= 11 is 0. The van der Waals surface area contributed by atoms with Crippen molar-refractivity contribution in [1.29, 1.82) is 0 Å². The predicted octanol–water partition coefficient (Wildman–Crippen LogP) is 1.37. The molecule has 10 nitrogen and oxygen atoms in total. The number of ether oxygens (including phenoxy) is 1. The number of nitrogens with one attached hydrogen (secondary N) is 1. The number of nitrogens with zero attached hydrogens (tertiary/aromatic N) is 3. The molecule has 4 amide bonds. The van der Waals surface area contributed by atoms with Crippen LogP contribution in [0.4, 0.5) is 4.79 Å². The van der Waals surface area contributed by atoms with Crippen molar-refractivity contribution in [3.63, 3.8) is 0 Å². The standard InChI is InChI=1S/C22H36N4O6/c1-24-10-4-8-18(14-24)32-22(30)23-20(28)19-9-5-11-26(19)21(29)17(13-25(31)15-27)12-16-6-2-3-7-16/h15-19,31H,2-14H2,1H3,(H,23,28,30)/t17-,18?,19+/m1/s1. The monoisotopic (exact) mass is 452 g/mol. The number of piperidine rings is 1. The summed E-state index contributed by atoms with van der Waals surface area (Å²) in [5.74, 6) is -0.993. The van der Waals surface area contributed by atoms with Crippen LogP contribution < -0.4 is 5.32 Å². The van der Waals surface area contributed by atoms with Gasteiger partial charge in [-0.15, -0.1) is 0 Å². The molecule has 0 spiro atoms. The fraction of sp³-hybridized carbons (Fsp3) is 0.818. The Kier molecular flexibility index (Phi) is 8.86. The van der Waals surface area contributed by atoms with Crippen molar-refractivity contribution in [1.82, 2.24) is 20.2 Å². The molecule has 1 aliphatic carbocycles. The van der Waals surface area contributed by atoms with Crippen LogP contribution in [0.15, 0.2) is 0 Å². The molecule has 1 unspecified atom stereocenters. The highest BCUT2D eigenvalue weighted by Crippen LogP contribution is 2.32. The highest BCUT2D eigenvalue weighted by atomic mass is 16.6. The molecule has 0 aromatic rings. The van der Waals surface area contributed by atoms with Gasteiger partial charge in [0.15, 0.2) is 0 Å². The minimum atomic E-state index is -0.778. The smallest absolute Gasteiger partial charge is 0.414 e. The highest BCUT2D eigenvalue weighted by molar-refractivity contribution is 5.97. The van der Waals surface area contributed by atoms with Crippen LogP contribution in [0.5, 0.6) is 0 Å². The molecule has 2 N–H and O–H groups in total. The average Bonchev–Trinajstić information content (AvgIpc) is 3.44. The third-order valence-corrected chi connectivity index (χ3v) is 6.89. The lowest BCUT2D eigenvalue weighted by atomic mass is 9.91. The third-order valence-electron chi connectivity index (χ3n) is 6.89. The van der Waals surface area contributed by atoms with Gasteiger partial charge in [-0.1, -0.05) is 25.7 Å². The molecule has 0 bridgehead atoms. The Hall–Kier alpha value is -2.20. The van der Waals surface area contributed by atoms with E-state index in [9.17, 15) is 24.4 Å². The van der Waals surface area contributed by atoms with Gasteiger partial charge in [0.05, 0.1) is 12.5 Å². The van der Waals surface area contributed by atoms with Crippen LogP contribution in [0.3, 0.4) is 0 Å². The lowest BCUT2D eigenvalue weighted by Gasteiger charge is -2.31.